The Morgan fingerprint density at radius 1 is 0.379 bits per heavy atom. The summed E-state index contributed by atoms with van der Waals surface area (Å²) in [6.45, 7) is 11.6. The van der Waals surface area contributed by atoms with Crippen molar-refractivity contribution >= 4 is 39.5 Å². The van der Waals surface area contributed by atoms with Crippen LogP contribution in [0, 0.1) is 17.8 Å². The van der Waals surface area contributed by atoms with E-state index in [9.17, 15) is 43.2 Å². The van der Waals surface area contributed by atoms with Crippen molar-refractivity contribution in [2.45, 2.75) is 330 Å². The molecule has 17 nitrogen and oxygen atoms in total. The van der Waals surface area contributed by atoms with Crippen LogP contribution in [0.5, 0.6) is 0 Å². The number of allylic oxidation sites excluding steroid dienone is 4. The Bertz CT molecular complexity index is 1810. The third kappa shape index (κ3) is 60.9. The number of phosphoric ester groups is 2. The maximum atomic E-state index is 13.0. The normalized spacial score (nSPS) is 14.8. The fraction of sp³-hybridized carbons (Fsp3) is 0.882. The molecular weight excluding hydrogens is 1150 g/mol. The summed E-state index contributed by atoms with van der Waals surface area (Å²) in [6.07, 6.45) is 44.1. The van der Waals surface area contributed by atoms with Crippen LogP contribution in [-0.4, -0.2) is 96.7 Å². The van der Waals surface area contributed by atoms with Crippen molar-refractivity contribution in [3.8, 4) is 0 Å². The van der Waals surface area contributed by atoms with Gasteiger partial charge in [0.05, 0.1) is 26.4 Å². The second-order valence-corrected chi connectivity index (χ2v) is 28.0. The van der Waals surface area contributed by atoms with Gasteiger partial charge in [0.25, 0.3) is 0 Å². The molecule has 87 heavy (non-hydrogen) atoms. The van der Waals surface area contributed by atoms with Gasteiger partial charge in [-0.3, -0.25) is 37.3 Å². The van der Waals surface area contributed by atoms with E-state index in [0.29, 0.717) is 37.5 Å². The largest absolute Gasteiger partial charge is 0.472 e. The number of carbonyl (C=O) groups excluding carboxylic acids is 4. The zero-order valence-corrected chi connectivity index (χ0v) is 57.7. The van der Waals surface area contributed by atoms with Gasteiger partial charge in [-0.2, -0.15) is 0 Å². The first kappa shape index (κ1) is 84.5. The lowest BCUT2D eigenvalue weighted by molar-refractivity contribution is -0.161. The molecule has 0 saturated carbocycles. The van der Waals surface area contributed by atoms with E-state index in [2.05, 4.69) is 72.8 Å². The molecule has 0 aromatic heterocycles. The fourth-order valence-electron chi connectivity index (χ4n) is 9.61. The lowest BCUT2D eigenvalue weighted by atomic mass is 10.00. The van der Waals surface area contributed by atoms with Gasteiger partial charge in [-0.15, -0.1) is 0 Å². The fourth-order valence-corrected chi connectivity index (χ4v) is 11.2. The Kier molecular flexibility index (Phi) is 57.0. The van der Waals surface area contributed by atoms with E-state index in [1.807, 2.05) is 0 Å². The molecule has 0 fully saturated rings. The molecule has 0 aliphatic heterocycles. The number of aliphatic hydroxyl groups excluding tert-OH is 1. The quantitative estimate of drug-likeness (QED) is 0.0169. The monoisotopic (exact) mass is 1280 g/mol. The minimum absolute atomic E-state index is 0.0955. The molecule has 0 heterocycles. The van der Waals surface area contributed by atoms with Gasteiger partial charge >= 0.3 is 39.5 Å². The van der Waals surface area contributed by atoms with Crippen molar-refractivity contribution in [3.05, 3.63) is 24.3 Å². The van der Waals surface area contributed by atoms with Gasteiger partial charge in [-0.05, 0) is 69.1 Å². The molecule has 0 aromatic carbocycles. The summed E-state index contributed by atoms with van der Waals surface area (Å²) < 4.78 is 68.1. The van der Waals surface area contributed by atoms with Crippen LogP contribution in [-0.2, 0) is 65.4 Å². The van der Waals surface area contributed by atoms with Crippen molar-refractivity contribution in [1.82, 2.24) is 0 Å². The molecule has 0 radical (unpaired) electrons. The number of phosphoric acid groups is 2. The first-order valence-corrected chi connectivity index (χ1v) is 37.7. The molecule has 0 aliphatic rings. The first-order valence-electron chi connectivity index (χ1n) is 34.7. The van der Waals surface area contributed by atoms with Crippen LogP contribution >= 0.6 is 15.6 Å². The number of rotatable bonds is 64. The summed E-state index contributed by atoms with van der Waals surface area (Å²) in [7, 11) is -9.91. The Hall–Kier alpha value is -2.46. The van der Waals surface area contributed by atoms with Crippen molar-refractivity contribution in [2.24, 2.45) is 17.8 Å². The number of hydrogen-bond acceptors (Lipinski definition) is 15. The summed E-state index contributed by atoms with van der Waals surface area (Å²) in [5, 5.41) is 10.6. The van der Waals surface area contributed by atoms with Gasteiger partial charge in [0, 0.05) is 25.7 Å². The molecule has 0 aromatic rings. The highest BCUT2D eigenvalue weighted by Crippen LogP contribution is 2.45. The summed E-state index contributed by atoms with van der Waals surface area (Å²) in [6, 6.07) is 0. The topological polar surface area (TPSA) is 237 Å². The Balaban J connectivity index is 5.27. The average molecular weight is 1280 g/mol. The van der Waals surface area contributed by atoms with Crippen LogP contribution in [0.25, 0.3) is 0 Å². The third-order valence-corrected chi connectivity index (χ3v) is 17.3. The van der Waals surface area contributed by atoms with Gasteiger partial charge in [0.1, 0.15) is 19.3 Å². The predicted octanol–water partition coefficient (Wildman–Crippen LogP) is 18.6. The lowest BCUT2D eigenvalue weighted by Crippen LogP contribution is -2.30. The number of ether oxygens (including phenoxy) is 4. The smallest absolute Gasteiger partial charge is 0.462 e. The van der Waals surface area contributed by atoms with Gasteiger partial charge in [0.15, 0.2) is 12.2 Å². The molecule has 0 spiro atoms. The Morgan fingerprint density at radius 2 is 0.678 bits per heavy atom. The van der Waals surface area contributed by atoms with Gasteiger partial charge in [0.2, 0.25) is 0 Å². The number of unbranched alkanes of at least 4 members (excludes halogenated alkanes) is 28. The molecule has 0 bridgehead atoms. The molecule has 19 heteroatoms. The maximum absolute atomic E-state index is 13.0. The van der Waals surface area contributed by atoms with E-state index >= 15 is 0 Å². The Labute approximate surface area is 529 Å². The maximum Gasteiger partial charge on any atom is 0.472 e. The highest BCUT2D eigenvalue weighted by Gasteiger charge is 2.30. The van der Waals surface area contributed by atoms with Crippen LogP contribution in [0.3, 0.4) is 0 Å². The van der Waals surface area contributed by atoms with E-state index in [1.165, 1.54) is 96.3 Å². The summed E-state index contributed by atoms with van der Waals surface area (Å²) in [5.41, 5.74) is 0. The van der Waals surface area contributed by atoms with Crippen molar-refractivity contribution < 1.29 is 80.2 Å². The molecule has 0 amide bonds. The number of carbonyl (C=O) groups is 4. The molecule has 0 saturated heterocycles. The predicted molar refractivity (Wildman–Crippen MR) is 349 cm³/mol. The zero-order chi connectivity index (χ0) is 64.5. The van der Waals surface area contributed by atoms with Gasteiger partial charge in [-0.1, -0.05) is 259 Å². The third-order valence-electron chi connectivity index (χ3n) is 15.4. The highest BCUT2D eigenvalue weighted by molar-refractivity contribution is 7.47. The van der Waals surface area contributed by atoms with E-state index in [0.717, 1.165) is 121 Å². The summed E-state index contributed by atoms with van der Waals surface area (Å²) in [5.74, 6) is -0.00975. The number of hydrogen-bond donors (Lipinski definition) is 3. The number of aliphatic hydroxyl groups is 1. The van der Waals surface area contributed by atoms with Crippen molar-refractivity contribution in [1.29, 1.82) is 0 Å². The van der Waals surface area contributed by atoms with Crippen LogP contribution in [0.2, 0.25) is 0 Å². The number of esters is 4. The van der Waals surface area contributed by atoms with Crippen LogP contribution in [0.15, 0.2) is 24.3 Å². The van der Waals surface area contributed by atoms with Crippen molar-refractivity contribution in [3.63, 3.8) is 0 Å². The standard InChI is InChI=1S/C68H128O17P2/c1-8-10-11-12-13-14-15-16-17-18-19-22-27-35-42-49-65(70)78-56-64(85-68(73)52-45-38-31-30-34-41-48-61(7)9-2)58-83-87(76,77)81-54-62(69)53-80-86(74,75)82-57-63(55-79-66(71)50-43-36-29-24-26-33-40-47-60(5)6)84-67(72)51-44-37-28-23-20-21-25-32-39-46-59(3)4/h14-17,59-64,69H,8-13,18-58H2,1-7H3,(H,74,75)(H,76,77)/b15-14-,17-16-/t61?,62?,63-,64-/m1/s1. The summed E-state index contributed by atoms with van der Waals surface area (Å²) >= 11 is 0. The minimum atomic E-state index is -4.96. The zero-order valence-electron chi connectivity index (χ0n) is 56.0. The average Bonchev–Trinajstić information content (AvgIpc) is 3.69. The second-order valence-electron chi connectivity index (χ2n) is 25.1. The van der Waals surface area contributed by atoms with E-state index in [1.54, 1.807) is 0 Å². The van der Waals surface area contributed by atoms with Gasteiger partial charge in [-0.25, -0.2) is 9.13 Å². The molecule has 512 valence electrons. The van der Waals surface area contributed by atoms with Gasteiger partial charge < -0.3 is 33.8 Å². The van der Waals surface area contributed by atoms with Crippen LogP contribution in [0.4, 0.5) is 0 Å². The van der Waals surface area contributed by atoms with Crippen LogP contribution in [0.1, 0.15) is 312 Å². The minimum Gasteiger partial charge on any atom is -0.462 e. The van der Waals surface area contributed by atoms with Crippen molar-refractivity contribution in [2.75, 3.05) is 39.6 Å². The summed E-state index contributed by atoms with van der Waals surface area (Å²) in [4.78, 5) is 72.4. The second kappa shape index (κ2) is 58.6. The SMILES string of the molecule is CCCCCC/C=C\C=C/CCCCCCCC(=O)OC[C@H](COP(=O)(O)OCC(O)COP(=O)(O)OC[C@@H](COC(=O)CCCCCCCCCC(C)C)OC(=O)CCCCCCCCCCCC(C)C)OC(=O)CCCCCCCCC(C)CC. The van der Waals surface area contributed by atoms with E-state index in [4.69, 9.17) is 37.0 Å². The first-order chi connectivity index (χ1) is 41.8. The van der Waals surface area contributed by atoms with E-state index in [-0.39, 0.29) is 25.7 Å². The van der Waals surface area contributed by atoms with Crippen LogP contribution < -0.4 is 0 Å². The van der Waals surface area contributed by atoms with E-state index < -0.39 is 97.5 Å². The molecule has 3 N–H and O–H groups in total. The Morgan fingerprint density at radius 3 is 1.02 bits per heavy atom. The molecule has 6 atom stereocenters. The molecule has 0 rings (SSSR count). The molecular formula is C68H128O17P2. The lowest BCUT2D eigenvalue weighted by Gasteiger charge is -2.21. The molecule has 4 unspecified atom stereocenters. The highest BCUT2D eigenvalue weighted by atomic mass is 31.2. The molecule has 0 aliphatic carbocycles.